The highest BCUT2D eigenvalue weighted by atomic mass is 16.2. The maximum atomic E-state index is 13.1. The highest BCUT2D eigenvalue weighted by Gasteiger charge is 2.47. The van der Waals surface area contributed by atoms with Crippen LogP contribution in [-0.2, 0) is 11.3 Å². The van der Waals surface area contributed by atoms with E-state index in [2.05, 4.69) is 22.0 Å². The number of imidazole rings is 1. The van der Waals surface area contributed by atoms with Crippen LogP contribution in [0.15, 0.2) is 54.9 Å². The predicted octanol–water partition coefficient (Wildman–Crippen LogP) is 3.44. The van der Waals surface area contributed by atoms with E-state index in [1.807, 2.05) is 58.9 Å². The smallest absolute Gasteiger partial charge is 0.274 e. The fraction of sp³-hybridized carbons (Fsp3) is 0.375. The molecule has 0 atom stereocenters. The average Bonchev–Trinajstić information content (AvgIpc) is 3.31. The Bertz CT molecular complexity index is 1100. The number of carbonyl (C=O) groups is 2. The van der Waals surface area contributed by atoms with E-state index in [0.29, 0.717) is 31.7 Å². The van der Waals surface area contributed by atoms with Crippen LogP contribution in [0.2, 0.25) is 0 Å². The molecule has 6 heteroatoms. The molecule has 0 unspecified atom stereocenters. The molecule has 0 N–H and O–H groups in total. The third kappa shape index (κ3) is 3.26. The maximum absolute atomic E-state index is 13.1. The Labute approximate surface area is 176 Å². The number of aromatic nitrogens is 2. The van der Waals surface area contributed by atoms with Gasteiger partial charge < -0.3 is 14.2 Å². The number of hydrogen-bond donors (Lipinski definition) is 0. The number of carbonyl (C=O) groups excluding carboxylic acids is 2. The Hall–Kier alpha value is -3.15. The van der Waals surface area contributed by atoms with Crippen LogP contribution in [0.5, 0.6) is 0 Å². The van der Waals surface area contributed by atoms with Crippen LogP contribution in [0.4, 0.5) is 0 Å². The zero-order valence-corrected chi connectivity index (χ0v) is 17.3. The number of aryl methyl sites for hydroxylation is 1. The zero-order chi connectivity index (χ0) is 20.7. The van der Waals surface area contributed by atoms with Crippen molar-refractivity contribution < 1.29 is 9.59 Å². The first-order valence-electron chi connectivity index (χ1n) is 10.6. The molecule has 2 aromatic heterocycles. The first kappa shape index (κ1) is 18.9. The van der Waals surface area contributed by atoms with Crippen molar-refractivity contribution in [1.82, 2.24) is 19.2 Å². The third-order valence-electron chi connectivity index (χ3n) is 6.68. The van der Waals surface area contributed by atoms with Gasteiger partial charge in [-0.1, -0.05) is 30.3 Å². The summed E-state index contributed by atoms with van der Waals surface area (Å²) in [5, 5.41) is 0. The van der Waals surface area contributed by atoms with Gasteiger partial charge in [-0.15, -0.1) is 0 Å². The molecule has 0 saturated carbocycles. The first-order chi connectivity index (χ1) is 14.5. The third-order valence-corrected chi connectivity index (χ3v) is 6.68. The van der Waals surface area contributed by atoms with Gasteiger partial charge in [0, 0.05) is 44.0 Å². The molecule has 4 heterocycles. The van der Waals surface area contributed by atoms with Crippen molar-refractivity contribution in [2.75, 3.05) is 13.1 Å². The molecule has 3 aromatic rings. The number of benzene rings is 1. The standard InChI is InChI=1S/C24H26N4O2/c1-18-8-12-27-17-20(25-21(27)15-18)23(30)26-13-10-24(11-14-26)9-7-22(29)28(24)16-19-5-3-2-4-6-19/h2-6,8,12,15,17H,7,9-11,13-14,16H2,1H3. The minimum atomic E-state index is -0.125. The summed E-state index contributed by atoms with van der Waals surface area (Å²) in [6, 6.07) is 14.2. The highest BCUT2D eigenvalue weighted by molar-refractivity contribution is 5.93. The summed E-state index contributed by atoms with van der Waals surface area (Å²) >= 11 is 0. The van der Waals surface area contributed by atoms with Gasteiger partial charge in [-0.05, 0) is 49.4 Å². The molecule has 2 aliphatic heterocycles. The fourth-order valence-electron chi connectivity index (χ4n) is 4.89. The summed E-state index contributed by atoms with van der Waals surface area (Å²) in [4.78, 5) is 34.2. The van der Waals surface area contributed by atoms with Crippen LogP contribution in [0.25, 0.3) is 5.65 Å². The van der Waals surface area contributed by atoms with E-state index in [-0.39, 0.29) is 17.4 Å². The molecule has 2 fully saturated rings. The number of nitrogens with zero attached hydrogens (tertiary/aromatic N) is 4. The van der Waals surface area contributed by atoms with E-state index in [4.69, 9.17) is 0 Å². The molecule has 0 aliphatic carbocycles. The molecular formula is C24H26N4O2. The average molecular weight is 402 g/mol. The SMILES string of the molecule is Cc1ccn2cc(C(=O)N3CCC4(CCC(=O)N4Cc4ccccc4)CC3)nc2c1. The van der Waals surface area contributed by atoms with Crippen molar-refractivity contribution in [3.8, 4) is 0 Å². The zero-order valence-electron chi connectivity index (χ0n) is 17.3. The number of rotatable bonds is 3. The van der Waals surface area contributed by atoms with Crippen molar-refractivity contribution in [2.24, 2.45) is 0 Å². The van der Waals surface area contributed by atoms with Crippen molar-refractivity contribution in [3.05, 3.63) is 71.7 Å². The van der Waals surface area contributed by atoms with Gasteiger partial charge in [-0.3, -0.25) is 9.59 Å². The van der Waals surface area contributed by atoms with Crippen LogP contribution >= 0.6 is 0 Å². The van der Waals surface area contributed by atoms with Crippen molar-refractivity contribution >= 4 is 17.5 Å². The molecular weight excluding hydrogens is 376 g/mol. The van der Waals surface area contributed by atoms with E-state index in [0.717, 1.165) is 36.0 Å². The molecule has 5 rings (SSSR count). The molecule has 6 nitrogen and oxygen atoms in total. The van der Waals surface area contributed by atoms with E-state index in [9.17, 15) is 9.59 Å². The summed E-state index contributed by atoms with van der Waals surface area (Å²) in [5.41, 5.74) is 3.43. The largest absolute Gasteiger partial charge is 0.337 e. The van der Waals surface area contributed by atoms with Gasteiger partial charge >= 0.3 is 0 Å². The number of likely N-dealkylation sites (tertiary alicyclic amines) is 2. The second-order valence-electron chi connectivity index (χ2n) is 8.58. The van der Waals surface area contributed by atoms with Crippen LogP contribution in [0.3, 0.4) is 0 Å². The number of amides is 2. The van der Waals surface area contributed by atoms with Crippen LogP contribution in [-0.4, -0.2) is 49.6 Å². The Kier molecular flexibility index (Phi) is 4.57. The van der Waals surface area contributed by atoms with Gasteiger partial charge in [0.2, 0.25) is 5.91 Å². The lowest BCUT2D eigenvalue weighted by Crippen LogP contribution is -2.53. The topological polar surface area (TPSA) is 57.9 Å². The molecule has 2 aliphatic rings. The number of piperidine rings is 1. The van der Waals surface area contributed by atoms with Gasteiger partial charge in [0.15, 0.2) is 0 Å². The predicted molar refractivity (Wildman–Crippen MR) is 114 cm³/mol. The molecule has 0 radical (unpaired) electrons. The second kappa shape index (κ2) is 7.27. The van der Waals surface area contributed by atoms with Gasteiger partial charge in [-0.25, -0.2) is 4.98 Å². The van der Waals surface area contributed by atoms with E-state index in [1.54, 1.807) is 0 Å². The molecule has 0 bridgehead atoms. The normalized spacial score (nSPS) is 18.5. The summed E-state index contributed by atoms with van der Waals surface area (Å²) < 4.78 is 1.89. The Morgan fingerprint density at radius 2 is 1.87 bits per heavy atom. The molecule has 1 spiro atoms. The van der Waals surface area contributed by atoms with E-state index in [1.165, 1.54) is 0 Å². The Balaban J connectivity index is 1.30. The molecule has 1 aromatic carbocycles. The maximum Gasteiger partial charge on any atom is 0.274 e. The van der Waals surface area contributed by atoms with E-state index < -0.39 is 0 Å². The minimum absolute atomic E-state index is 0.0230. The lowest BCUT2D eigenvalue weighted by molar-refractivity contribution is -0.133. The summed E-state index contributed by atoms with van der Waals surface area (Å²) in [6.45, 7) is 3.98. The van der Waals surface area contributed by atoms with Gasteiger partial charge in [0.25, 0.3) is 5.91 Å². The van der Waals surface area contributed by atoms with Crippen molar-refractivity contribution in [2.45, 2.75) is 44.7 Å². The lowest BCUT2D eigenvalue weighted by atomic mass is 9.84. The lowest BCUT2D eigenvalue weighted by Gasteiger charge is -2.45. The van der Waals surface area contributed by atoms with Crippen LogP contribution in [0.1, 0.15) is 47.3 Å². The Morgan fingerprint density at radius 1 is 1.10 bits per heavy atom. The van der Waals surface area contributed by atoms with Crippen molar-refractivity contribution in [1.29, 1.82) is 0 Å². The molecule has 30 heavy (non-hydrogen) atoms. The summed E-state index contributed by atoms with van der Waals surface area (Å²) in [6.07, 6.45) is 6.88. The van der Waals surface area contributed by atoms with Crippen LogP contribution < -0.4 is 0 Å². The van der Waals surface area contributed by atoms with E-state index >= 15 is 0 Å². The molecule has 154 valence electrons. The number of pyridine rings is 1. The highest BCUT2D eigenvalue weighted by Crippen LogP contribution is 2.40. The Morgan fingerprint density at radius 3 is 2.63 bits per heavy atom. The fourth-order valence-corrected chi connectivity index (χ4v) is 4.89. The van der Waals surface area contributed by atoms with Crippen molar-refractivity contribution in [3.63, 3.8) is 0 Å². The first-order valence-corrected chi connectivity index (χ1v) is 10.6. The van der Waals surface area contributed by atoms with Gasteiger partial charge in [0.1, 0.15) is 11.3 Å². The summed E-state index contributed by atoms with van der Waals surface area (Å²) in [7, 11) is 0. The van der Waals surface area contributed by atoms with Gasteiger partial charge in [-0.2, -0.15) is 0 Å². The minimum Gasteiger partial charge on any atom is -0.337 e. The summed E-state index contributed by atoms with van der Waals surface area (Å²) in [5.74, 6) is 0.208. The molecule has 2 amide bonds. The number of fused-ring (bicyclic) bond motifs is 1. The molecule has 2 saturated heterocycles. The number of hydrogen-bond acceptors (Lipinski definition) is 3. The monoisotopic (exact) mass is 402 g/mol. The second-order valence-corrected chi connectivity index (χ2v) is 8.58. The van der Waals surface area contributed by atoms with Crippen LogP contribution in [0, 0.1) is 6.92 Å². The van der Waals surface area contributed by atoms with Gasteiger partial charge in [0.05, 0.1) is 0 Å². The quantitative estimate of drug-likeness (QED) is 0.674.